The van der Waals surface area contributed by atoms with Gasteiger partial charge in [-0.15, -0.1) is 0 Å². The van der Waals surface area contributed by atoms with Crippen LogP contribution in [0.5, 0.6) is 11.5 Å². The van der Waals surface area contributed by atoms with Crippen LogP contribution >= 0.6 is 0 Å². The third kappa shape index (κ3) is 5.64. The third-order valence-corrected chi connectivity index (χ3v) is 3.18. The molecule has 0 atom stereocenters. The van der Waals surface area contributed by atoms with Gasteiger partial charge in [0.1, 0.15) is 12.2 Å². The molecule has 0 unspecified atom stereocenters. The largest absolute Gasteiger partial charge is 0.493 e. The summed E-state index contributed by atoms with van der Waals surface area (Å²) in [5.41, 5.74) is 2.63. The van der Waals surface area contributed by atoms with E-state index in [0.717, 1.165) is 12.8 Å². The minimum Gasteiger partial charge on any atom is -0.493 e. The zero-order valence-electron chi connectivity index (χ0n) is 13.7. The van der Waals surface area contributed by atoms with Gasteiger partial charge in [-0.2, -0.15) is 0 Å². The van der Waals surface area contributed by atoms with Gasteiger partial charge in [-0.1, -0.05) is 23.3 Å². The van der Waals surface area contributed by atoms with Crippen molar-refractivity contribution in [3.63, 3.8) is 0 Å². The van der Waals surface area contributed by atoms with Gasteiger partial charge in [-0.25, -0.2) is 4.79 Å². The maximum Gasteiger partial charge on any atom is 0.339 e. The fourth-order valence-electron chi connectivity index (χ4n) is 1.95. The van der Waals surface area contributed by atoms with Gasteiger partial charge in [0.2, 0.25) is 0 Å². The highest BCUT2D eigenvalue weighted by atomic mass is 16.5. The van der Waals surface area contributed by atoms with E-state index in [4.69, 9.17) is 9.47 Å². The van der Waals surface area contributed by atoms with Crippen molar-refractivity contribution in [3.05, 3.63) is 47.1 Å². The molecule has 0 saturated carbocycles. The van der Waals surface area contributed by atoms with Crippen molar-refractivity contribution in [3.8, 4) is 11.5 Å². The first-order valence-electron chi connectivity index (χ1n) is 7.27. The van der Waals surface area contributed by atoms with E-state index >= 15 is 0 Å². The Hall–Kier alpha value is -2.23. The summed E-state index contributed by atoms with van der Waals surface area (Å²) < 4.78 is 10.8. The monoisotopic (exact) mass is 304 g/mol. The molecule has 1 rings (SSSR count). The minimum atomic E-state index is -1.03. The van der Waals surface area contributed by atoms with Crippen LogP contribution in [-0.2, 0) is 0 Å². The fraction of sp³-hybridized carbons (Fsp3) is 0.389. The fourth-order valence-corrected chi connectivity index (χ4v) is 1.95. The van der Waals surface area contributed by atoms with Gasteiger partial charge in [-0.05, 0) is 51.8 Å². The number of carboxylic acids is 1. The molecule has 22 heavy (non-hydrogen) atoms. The molecule has 4 nitrogen and oxygen atoms in total. The van der Waals surface area contributed by atoms with Crippen molar-refractivity contribution >= 4 is 5.97 Å². The van der Waals surface area contributed by atoms with Crippen LogP contribution in [0.15, 0.2) is 41.5 Å². The van der Waals surface area contributed by atoms with E-state index in [1.165, 1.54) is 24.3 Å². The van der Waals surface area contributed by atoms with Crippen LogP contribution < -0.4 is 9.47 Å². The van der Waals surface area contributed by atoms with Crippen molar-refractivity contribution in [2.45, 2.75) is 33.6 Å². The van der Waals surface area contributed by atoms with Crippen LogP contribution in [0.2, 0.25) is 0 Å². The molecule has 0 amide bonds. The van der Waals surface area contributed by atoms with Crippen molar-refractivity contribution < 1.29 is 19.4 Å². The number of allylic oxidation sites excluding steroid dienone is 3. The molecule has 0 aliphatic rings. The Morgan fingerprint density at radius 1 is 1.23 bits per heavy atom. The predicted octanol–water partition coefficient (Wildman–Crippen LogP) is 4.46. The molecular weight excluding hydrogens is 280 g/mol. The van der Waals surface area contributed by atoms with Crippen LogP contribution in [0.3, 0.4) is 0 Å². The van der Waals surface area contributed by atoms with Gasteiger partial charge in [0.15, 0.2) is 11.5 Å². The summed E-state index contributed by atoms with van der Waals surface area (Å²) in [5, 5.41) is 9.20. The molecule has 4 heteroatoms. The molecule has 1 N–H and O–H groups in total. The zero-order valence-corrected chi connectivity index (χ0v) is 13.7. The maximum atomic E-state index is 11.2. The molecule has 0 fully saturated rings. The van der Waals surface area contributed by atoms with E-state index < -0.39 is 5.97 Å². The van der Waals surface area contributed by atoms with Gasteiger partial charge >= 0.3 is 5.97 Å². The number of carbonyl (C=O) groups is 1. The number of rotatable bonds is 8. The van der Waals surface area contributed by atoms with E-state index in [9.17, 15) is 9.90 Å². The molecule has 1 aromatic rings. The lowest BCUT2D eigenvalue weighted by atomic mass is 10.1. The highest BCUT2D eigenvalue weighted by Crippen LogP contribution is 2.31. The molecule has 1 aromatic carbocycles. The number of para-hydroxylation sites is 1. The van der Waals surface area contributed by atoms with E-state index in [2.05, 4.69) is 19.9 Å². The Kier molecular flexibility index (Phi) is 7.23. The summed E-state index contributed by atoms with van der Waals surface area (Å²) >= 11 is 0. The highest BCUT2D eigenvalue weighted by Gasteiger charge is 2.15. The molecule has 120 valence electrons. The topological polar surface area (TPSA) is 55.8 Å². The van der Waals surface area contributed by atoms with Crippen LogP contribution in [0.1, 0.15) is 44.0 Å². The first-order chi connectivity index (χ1) is 10.5. The summed E-state index contributed by atoms with van der Waals surface area (Å²) in [6.07, 6.45) is 6.13. The number of hydrogen-bond acceptors (Lipinski definition) is 3. The smallest absolute Gasteiger partial charge is 0.339 e. The Balaban J connectivity index is 2.71. The average molecular weight is 304 g/mol. The summed E-state index contributed by atoms with van der Waals surface area (Å²) in [7, 11) is 1.49. The van der Waals surface area contributed by atoms with Crippen LogP contribution in [-0.4, -0.2) is 24.8 Å². The van der Waals surface area contributed by atoms with Crippen molar-refractivity contribution in [2.75, 3.05) is 13.7 Å². The van der Waals surface area contributed by atoms with Gasteiger partial charge in [-0.3, -0.25) is 0 Å². The number of aromatic carboxylic acids is 1. The Morgan fingerprint density at radius 2 is 1.95 bits per heavy atom. The number of methoxy groups -OCH3 is 1. The van der Waals surface area contributed by atoms with Crippen molar-refractivity contribution in [1.29, 1.82) is 0 Å². The quantitative estimate of drug-likeness (QED) is 0.720. The lowest BCUT2D eigenvalue weighted by Gasteiger charge is -2.12. The first kappa shape index (κ1) is 17.8. The Morgan fingerprint density at radius 3 is 2.55 bits per heavy atom. The molecule has 0 bridgehead atoms. The maximum absolute atomic E-state index is 11.2. The van der Waals surface area contributed by atoms with Gasteiger partial charge in [0, 0.05) is 0 Å². The highest BCUT2D eigenvalue weighted by molar-refractivity contribution is 5.92. The third-order valence-electron chi connectivity index (χ3n) is 3.18. The second kappa shape index (κ2) is 8.93. The second-order valence-electron chi connectivity index (χ2n) is 5.32. The normalized spacial score (nSPS) is 11.0. The SMILES string of the molecule is COc1cccc(C(=O)O)c1OCC=C(C)CCC=C(C)C. The van der Waals surface area contributed by atoms with Gasteiger partial charge in [0.05, 0.1) is 7.11 Å². The molecule has 0 aliphatic carbocycles. The number of carboxylic acid groups (broad SMARTS) is 1. The molecule has 0 spiro atoms. The van der Waals surface area contributed by atoms with E-state index in [-0.39, 0.29) is 11.3 Å². The molecule has 0 radical (unpaired) electrons. The molecular formula is C18H24O4. The van der Waals surface area contributed by atoms with E-state index in [1.54, 1.807) is 12.1 Å². The van der Waals surface area contributed by atoms with Gasteiger partial charge in [0.25, 0.3) is 0 Å². The molecule has 0 aliphatic heterocycles. The van der Waals surface area contributed by atoms with Crippen molar-refractivity contribution in [1.82, 2.24) is 0 Å². The number of ether oxygens (including phenoxy) is 2. The summed E-state index contributed by atoms with van der Waals surface area (Å²) in [5.74, 6) is -0.334. The summed E-state index contributed by atoms with van der Waals surface area (Å²) in [4.78, 5) is 11.2. The zero-order chi connectivity index (χ0) is 16.5. The number of hydrogen-bond donors (Lipinski definition) is 1. The lowest BCUT2D eigenvalue weighted by molar-refractivity contribution is 0.0692. The molecule has 0 saturated heterocycles. The van der Waals surface area contributed by atoms with Crippen LogP contribution in [0.25, 0.3) is 0 Å². The second-order valence-corrected chi connectivity index (χ2v) is 5.32. The summed E-state index contributed by atoms with van der Waals surface area (Å²) in [6, 6.07) is 4.83. The summed E-state index contributed by atoms with van der Waals surface area (Å²) in [6.45, 7) is 6.53. The lowest BCUT2D eigenvalue weighted by Crippen LogP contribution is -2.05. The molecule has 0 aromatic heterocycles. The number of benzene rings is 1. The minimum absolute atomic E-state index is 0.106. The molecule has 0 heterocycles. The van der Waals surface area contributed by atoms with Crippen LogP contribution in [0, 0.1) is 0 Å². The van der Waals surface area contributed by atoms with Crippen molar-refractivity contribution in [2.24, 2.45) is 0 Å². The predicted molar refractivity (Wildman–Crippen MR) is 87.9 cm³/mol. The standard InChI is InChI=1S/C18H24O4/c1-13(2)7-5-8-14(3)11-12-22-17-15(18(19)20)9-6-10-16(17)21-4/h6-7,9-11H,5,8,12H2,1-4H3,(H,19,20). The van der Waals surface area contributed by atoms with Gasteiger partial charge < -0.3 is 14.6 Å². The Labute approximate surface area is 132 Å². The Bertz CT molecular complexity index is 566. The average Bonchev–Trinajstić information content (AvgIpc) is 2.46. The van der Waals surface area contributed by atoms with Crippen LogP contribution in [0.4, 0.5) is 0 Å². The van der Waals surface area contributed by atoms with E-state index in [1.807, 2.05) is 13.0 Å². The first-order valence-corrected chi connectivity index (χ1v) is 7.27. The van der Waals surface area contributed by atoms with E-state index in [0.29, 0.717) is 12.4 Å².